The summed E-state index contributed by atoms with van der Waals surface area (Å²) in [5.74, 6) is 6.23. The van der Waals surface area contributed by atoms with E-state index in [4.69, 9.17) is 10.3 Å². The average Bonchev–Trinajstić information content (AvgIpc) is 2.62. The molecule has 0 spiro atoms. The number of hydrogen-bond donors (Lipinski definition) is 2. The van der Waals surface area contributed by atoms with Gasteiger partial charge in [-0.2, -0.15) is 11.8 Å². The van der Waals surface area contributed by atoms with Gasteiger partial charge in [0.05, 0.1) is 11.3 Å². The Morgan fingerprint density at radius 2 is 2.43 bits per heavy atom. The molecule has 0 aliphatic rings. The monoisotopic (exact) mass is 214 g/mol. The van der Waals surface area contributed by atoms with Gasteiger partial charge < -0.3 is 4.42 Å². The van der Waals surface area contributed by atoms with E-state index in [1.165, 1.54) is 6.26 Å². The van der Waals surface area contributed by atoms with E-state index in [-0.39, 0.29) is 5.91 Å². The van der Waals surface area contributed by atoms with Crippen LogP contribution in [0, 0.1) is 0 Å². The van der Waals surface area contributed by atoms with E-state index in [9.17, 15) is 4.79 Å². The van der Waals surface area contributed by atoms with Crippen LogP contribution in [-0.2, 0) is 5.75 Å². The second-order valence-corrected chi connectivity index (χ2v) is 4.70. The van der Waals surface area contributed by atoms with E-state index in [2.05, 4.69) is 19.3 Å². The van der Waals surface area contributed by atoms with E-state index >= 15 is 0 Å². The largest absolute Gasteiger partial charge is 0.468 e. The summed E-state index contributed by atoms with van der Waals surface area (Å²) in [6, 6.07) is 1.71. The molecule has 5 heteroatoms. The first-order chi connectivity index (χ1) is 6.63. The fraction of sp³-hybridized carbons (Fsp3) is 0.444. The van der Waals surface area contributed by atoms with Crippen LogP contribution in [0.1, 0.15) is 30.0 Å². The zero-order chi connectivity index (χ0) is 10.6. The van der Waals surface area contributed by atoms with Crippen molar-refractivity contribution in [2.75, 3.05) is 0 Å². The third-order valence-corrected chi connectivity index (χ3v) is 2.72. The summed E-state index contributed by atoms with van der Waals surface area (Å²) in [6.45, 7) is 4.22. The lowest BCUT2D eigenvalue weighted by molar-refractivity contribution is 0.0953. The van der Waals surface area contributed by atoms with E-state index < -0.39 is 0 Å². The van der Waals surface area contributed by atoms with Crippen LogP contribution in [0.5, 0.6) is 0 Å². The lowest BCUT2D eigenvalue weighted by Crippen LogP contribution is -2.29. The molecule has 0 aliphatic carbocycles. The van der Waals surface area contributed by atoms with Crippen LogP contribution in [0.4, 0.5) is 0 Å². The molecule has 1 rings (SSSR count). The fourth-order valence-corrected chi connectivity index (χ4v) is 1.56. The maximum absolute atomic E-state index is 11.1. The Hall–Kier alpha value is -0.940. The molecular formula is C9H14N2O2S. The topological polar surface area (TPSA) is 68.3 Å². The Morgan fingerprint density at radius 1 is 1.71 bits per heavy atom. The SMILES string of the molecule is CC(C)SCc1cc(C(=O)NN)co1. The molecule has 3 N–H and O–H groups in total. The van der Waals surface area contributed by atoms with Crippen molar-refractivity contribution in [2.45, 2.75) is 24.9 Å². The second kappa shape index (κ2) is 5.07. The van der Waals surface area contributed by atoms with E-state index in [1.54, 1.807) is 17.8 Å². The summed E-state index contributed by atoms with van der Waals surface area (Å²) in [5.41, 5.74) is 2.52. The lowest BCUT2D eigenvalue weighted by Gasteiger charge is -2.00. The molecule has 0 atom stereocenters. The Balaban J connectivity index is 2.55. The quantitative estimate of drug-likeness (QED) is 0.453. The third kappa shape index (κ3) is 3.08. The zero-order valence-corrected chi connectivity index (χ0v) is 9.06. The molecule has 0 saturated heterocycles. The molecule has 0 unspecified atom stereocenters. The molecule has 1 aromatic rings. The van der Waals surface area contributed by atoms with Crippen LogP contribution >= 0.6 is 11.8 Å². The van der Waals surface area contributed by atoms with Gasteiger partial charge in [0.2, 0.25) is 0 Å². The number of thioether (sulfide) groups is 1. The van der Waals surface area contributed by atoms with Crippen LogP contribution in [0.25, 0.3) is 0 Å². The van der Waals surface area contributed by atoms with Gasteiger partial charge in [0.25, 0.3) is 5.91 Å². The minimum absolute atomic E-state index is 0.324. The van der Waals surface area contributed by atoms with Crippen molar-refractivity contribution in [3.8, 4) is 0 Å². The van der Waals surface area contributed by atoms with Gasteiger partial charge in [-0.15, -0.1) is 0 Å². The van der Waals surface area contributed by atoms with Crippen LogP contribution in [-0.4, -0.2) is 11.2 Å². The molecule has 78 valence electrons. The van der Waals surface area contributed by atoms with Crippen LogP contribution in [0.15, 0.2) is 16.7 Å². The number of rotatable bonds is 4. The van der Waals surface area contributed by atoms with E-state index in [0.29, 0.717) is 10.8 Å². The van der Waals surface area contributed by atoms with Gasteiger partial charge in [0.1, 0.15) is 12.0 Å². The van der Waals surface area contributed by atoms with Crippen molar-refractivity contribution < 1.29 is 9.21 Å². The normalized spacial score (nSPS) is 10.6. The number of nitrogen functional groups attached to an aromatic ring is 1. The molecule has 0 saturated carbocycles. The van der Waals surface area contributed by atoms with Crippen molar-refractivity contribution in [3.05, 3.63) is 23.7 Å². The fourth-order valence-electron chi connectivity index (χ4n) is 0.908. The smallest absolute Gasteiger partial charge is 0.268 e. The second-order valence-electron chi connectivity index (χ2n) is 3.13. The zero-order valence-electron chi connectivity index (χ0n) is 8.24. The number of nitrogens with one attached hydrogen (secondary N) is 1. The Bertz CT molecular complexity index is 310. The first-order valence-corrected chi connectivity index (χ1v) is 5.38. The molecule has 0 radical (unpaired) electrons. The van der Waals surface area contributed by atoms with Gasteiger partial charge in [-0.3, -0.25) is 10.2 Å². The first kappa shape index (κ1) is 11.1. The van der Waals surface area contributed by atoms with Crippen LogP contribution in [0.2, 0.25) is 0 Å². The summed E-state index contributed by atoms with van der Waals surface area (Å²) in [4.78, 5) is 11.1. The van der Waals surface area contributed by atoms with Gasteiger partial charge in [-0.1, -0.05) is 13.8 Å². The minimum Gasteiger partial charge on any atom is -0.468 e. The highest BCUT2D eigenvalue weighted by Gasteiger charge is 2.08. The summed E-state index contributed by atoms with van der Waals surface area (Å²) in [6.07, 6.45) is 1.42. The number of hydrazine groups is 1. The first-order valence-electron chi connectivity index (χ1n) is 4.33. The predicted octanol–water partition coefficient (Wildman–Crippen LogP) is 1.52. The molecule has 1 amide bonds. The summed E-state index contributed by atoms with van der Waals surface area (Å²) < 4.78 is 5.20. The number of carbonyl (C=O) groups excluding carboxylic acids is 1. The van der Waals surface area contributed by atoms with Gasteiger partial charge >= 0.3 is 0 Å². The van der Waals surface area contributed by atoms with Gasteiger partial charge in [0, 0.05) is 0 Å². The van der Waals surface area contributed by atoms with E-state index in [0.717, 1.165) is 11.5 Å². The van der Waals surface area contributed by atoms with Crippen molar-refractivity contribution >= 4 is 17.7 Å². The lowest BCUT2D eigenvalue weighted by atomic mass is 10.3. The van der Waals surface area contributed by atoms with Crippen molar-refractivity contribution in [2.24, 2.45) is 5.84 Å². The van der Waals surface area contributed by atoms with Crippen LogP contribution < -0.4 is 11.3 Å². The van der Waals surface area contributed by atoms with Gasteiger partial charge in [-0.05, 0) is 11.3 Å². The highest BCUT2D eigenvalue weighted by Crippen LogP contribution is 2.18. The van der Waals surface area contributed by atoms with Crippen molar-refractivity contribution in [1.29, 1.82) is 0 Å². The molecule has 1 aromatic heterocycles. The third-order valence-electron chi connectivity index (χ3n) is 1.61. The number of nitrogens with two attached hydrogens (primary N) is 1. The molecule has 14 heavy (non-hydrogen) atoms. The average molecular weight is 214 g/mol. The Kier molecular flexibility index (Phi) is 4.03. The Labute approximate surface area is 87.2 Å². The van der Waals surface area contributed by atoms with E-state index in [1.807, 2.05) is 0 Å². The number of amides is 1. The molecule has 0 fully saturated rings. The van der Waals surface area contributed by atoms with Gasteiger partial charge in [0.15, 0.2) is 0 Å². The number of carbonyl (C=O) groups is 1. The maximum Gasteiger partial charge on any atom is 0.268 e. The highest BCUT2D eigenvalue weighted by molar-refractivity contribution is 7.99. The summed E-state index contributed by atoms with van der Waals surface area (Å²) in [5, 5.41) is 0.548. The minimum atomic E-state index is -0.324. The Morgan fingerprint density at radius 3 is 3.00 bits per heavy atom. The number of furan rings is 1. The molecule has 0 aliphatic heterocycles. The predicted molar refractivity (Wildman–Crippen MR) is 56.8 cm³/mol. The molecule has 1 heterocycles. The van der Waals surface area contributed by atoms with Crippen molar-refractivity contribution in [1.82, 2.24) is 5.43 Å². The standard InChI is InChI=1S/C9H14N2O2S/c1-6(2)14-5-8-3-7(4-13-8)9(12)11-10/h3-4,6H,5,10H2,1-2H3,(H,11,12). The highest BCUT2D eigenvalue weighted by atomic mass is 32.2. The molecule has 0 bridgehead atoms. The summed E-state index contributed by atoms with van der Waals surface area (Å²) >= 11 is 1.76. The molecule has 0 aromatic carbocycles. The molecular weight excluding hydrogens is 200 g/mol. The summed E-state index contributed by atoms with van der Waals surface area (Å²) in [7, 11) is 0. The number of hydrogen-bond acceptors (Lipinski definition) is 4. The van der Waals surface area contributed by atoms with Crippen LogP contribution in [0.3, 0.4) is 0 Å². The van der Waals surface area contributed by atoms with Crippen molar-refractivity contribution in [3.63, 3.8) is 0 Å². The molecule has 4 nitrogen and oxygen atoms in total. The maximum atomic E-state index is 11.1. The van der Waals surface area contributed by atoms with Gasteiger partial charge in [-0.25, -0.2) is 5.84 Å².